The van der Waals surface area contributed by atoms with Crippen LogP contribution in [0.15, 0.2) is 0 Å². The highest BCUT2D eigenvalue weighted by atomic mass is 16.2. The van der Waals surface area contributed by atoms with Crippen molar-refractivity contribution in [2.45, 2.75) is 38.6 Å². The van der Waals surface area contributed by atoms with E-state index in [0.717, 1.165) is 32.4 Å². The fraction of sp³-hybridized carbons (Fsp3) is 0.909. The van der Waals surface area contributed by atoms with Crippen LogP contribution in [0.4, 0.5) is 0 Å². The second-order valence-corrected chi connectivity index (χ2v) is 4.79. The van der Waals surface area contributed by atoms with Gasteiger partial charge in [0.2, 0.25) is 5.91 Å². The zero-order valence-electron chi connectivity index (χ0n) is 8.91. The molecule has 2 aliphatic rings. The molecule has 0 radical (unpaired) electrons. The van der Waals surface area contributed by atoms with Gasteiger partial charge in [-0.2, -0.15) is 0 Å². The minimum Gasteiger partial charge on any atom is -0.339 e. The molecule has 1 aliphatic carbocycles. The lowest BCUT2D eigenvalue weighted by Gasteiger charge is -2.37. The van der Waals surface area contributed by atoms with Gasteiger partial charge in [0.15, 0.2) is 0 Å². The van der Waals surface area contributed by atoms with Crippen LogP contribution in [0.25, 0.3) is 0 Å². The third-order valence-corrected chi connectivity index (χ3v) is 3.52. The van der Waals surface area contributed by atoms with Crippen LogP contribution < -0.4 is 5.73 Å². The Bertz CT molecular complexity index is 225. The summed E-state index contributed by atoms with van der Waals surface area (Å²) in [7, 11) is 0. The smallest absolute Gasteiger partial charge is 0.225 e. The van der Waals surface area contributed by atoms with Gasteiger partial charge in [-0.25, -0.2) is 0 Å². The fourth-order valence-corrected chi connectivity index (χ4v) is 2.25. The van der Waals surface area contributed by atoms with E-state index in [4.69, 9.17) is 5.73 Å². The van der Waals surface area contributed by atoms with Crippen LogP contribution in [-0.2, 0) is 4.79 Å². The molecular weight excluding hydrogens is 176 g/mol. The molecule has 1 saturated heterocycles. The molecule has 2 fully saturated rings. The van der Waals surface area contributed by atoms with Crippen molar-refractivity contribution in [3.8, 4) is 0 Å². The van der Waals surface area contributed by atoms with Crippen molar-refractivity contribution in [3.63, 3.8) is 0 Å². The second-order valence-electron chi connectivity index (χ2n) is 4.79. The molecule has 0 aromatic heterocycles. The van der Waals surface area contributed by atoms with E-state index in [2.05, 4.69) is 11.8 Å². The quantitative estimate of drug-likeness (QED) is 0.715. The number of carbonyl (C=O) groups is 1. The minimum atomic E-state index is 0.356. The van der Waals surface area contributed by atoms with Crippen molar-refractivity contribution in [2.75, 3.05) is 13.1 Å². The Hall–Kier alpha value is -0.570. The van der Waals surface area contributed by atoms with Gasteiger partial charge < -0.3 is 10.6 Å². The topological polar surface area (TPSA) is 46.3 Å². The summed E-state index contributed by atoms with van der Waals surface area (Å²) in [6.45, 7) is 3.78. The molecular formula is C11H20N2O. The maximum absolute atomic E-state index is 11.9. The number of rotatable bonds is 2. The largest absolute Gasteiger partial charge is 0.339 e. The van der Waals surface area contributed by atoms with Gasteiger partial charge in [0.1, 0.15) is 0 Å². The van der Waals surface area contributed by atoms with Crippen LogP contribution in [-0.4, -0.2) is 29.9 Å². The Balaban J connectivity index is 1.96. The first-order valence-electron chi connectivity index (χ1n) is 5.73. The van der Waals surface area contributed by atoms with Crippen LogP contribution >= 0.6 is 0 Å². The summed E-state index contributed by atoms with van der Waals surface area (Å²) in [6, 6.07) is 0.436. The Morgan fingerprint density at radius 3 is 2.64 bits per heavy atom. The van der Waals surface area contributed by atoms with Gasteiger partial charge in [-0.15, -0.1) is 0 Å². The molecule has 2 rings (SSSR count). The number of hydrogen-bond donors (Lipinski definition) is 1. The van der Waals surface area contributed by atoms with Gasteiger partial charge in [-0.1, -0.05) is 0 Å². The highest BCUT2D eigenvalue weighted by Gasteiger charge is 2.37. The summed E-state index contributed by atoms with van der Waals surface area (Å²) in [5.74, 6) is 1.28. The fourth-order valence-electron chi connectivity index (χ4n) is 2.25. The van der Waals surface area contributed by atoms with E-state index in [1.54, 1.807) is 0 Å². The van der Waals surface area contributed by atoms with Crippen molar-refractivity contribution in [1.29, 1.82) is 0 Å². The molecule has 2 unspecified atom stereocenters. The molecule has 0 spiro atoms. The monoisotopic (exact) mass is 196 g/mol. The summed E-state index contributed by atoms with van der Waals surface area (Å²) in [5, 5.41) is 0. The number of nitrogens with zero attached hydrogens (tertiary/aromatic N) is 1. The first-order valence-corrected chi connectivity index (χ1v) is 5.73. The van der Waals surface area contributed by atoms with Gasteiger partial charge in [0, 0.05) is 18.5 Å². The molecule has 3 heteroatoms. The molecule has 2 N–H and O–H groups in total. The van der Waals surface area contributed by atoms with Crippen LogP contribution in [0.2, 0.25) is 0 Å². The van der Waals surface area contributed by atoms with E-state index in [1.807, 2.05) is 0 Å². The van der Waals surface area contributed by atoms with Gasteiger partial charge >= 0.3 is 0 Å². The predicted octanol–water partition coefficient (Wildman–Crippen LogP) is 0.982. The molecule has 0 aromatic rings. The molecule has 0 aromatic carbocycles. The van der Waals surface area contributed by atoms with Gasteiger partial charge in [0.25, 0.3) is 0 Å². The van der Waals surface area contributed by atoms with E-state index in [0.29, 0.717) is 23.8 Å². The third kappa shape index (κ3) is 1.92. The molecule has 14 heavy (non-hydrogen) atoms. The number of carbonyl (C=O) groups excluding carboxylic acids is 1. The highest BCUT2D eigenvalue weighted by Crippen LogP contribution is 2.33. The van der Waals surface area contributed by atoms with Gasteiger partial charge in [-0.05, 0) is 45.1 Å². The first-order chi connectivity index (χ1) is 6.72. The molecule has 3 nitrogen and oxygen atoms in total. The number of piperidine rings is 1. The lowest BCUT2D eigenvalue weighted by molar-refractivity contribution is -0.136. The van der Waals surface area contributed by atoms with Gasteiger partial charge in [-0.3, -0.25) is 4.79 Å². The van der Waals surface area contributed by atoms with Crippen LogP contribution in [0.3, 0.4) is 0 Å². The summed E-state index contributed by atoms with van der Waals surface area (Å²) in [6.07, 6.45) is 4.52. The Morgan fingerprint density at radius 1 is 1.36 bits per heavy atom. The molecule has 80 valence electrons. The summed E-state index contributed by atoms with van der Waals surface area (Å²) in [4.78, 5) is 14.0. The lowest BCUT2D eigenvalue weighted by atomic mass is 9.93. The zero-order chi connectivity index (χ0) is 10.1. The van der Waals surface area contributed by atoms with Crippen molar-refractivity contribution in [1.82, 2.24) is 4.90 Å². The molecule has 1 aliphatic heterocycles. The molecule has 2 atom stereocenters. The van der Waals surface area contributed by atoms with Crippen molar-refractivity contribution >= 4 is 5.91 Å². The maximum atomic E-state index is 11.9. The molecule has 1 heterocycles. The molecule has 1 saturated carbocycles. The van der Waals surface area contributed by atoms with Crippen LogP contribution in [0.1, 0.15) is 32.6 Å². The maximum Gasteiger partial charge on any atom is 0.225 e. The van der Waals surface area contributed by atoms with E-state index in [-0.39, 0.29) is 0 Å². The number of nitrogens with two attached hydrogens (primary N) is 1. The van der Waals surface area contributed by atoms with Gasteiger partial charge in [0.05, 0.1) is 0 Å². The second kappa shape index (κ2) is 3.89. The number of hydrogen-bond acceptors (Lipinski definition) is 2. The molecule has 0 bridgehead atoms. The van der Waals surface area contributed by atoms with E-state index < -0.39 is 0 Å². The van der Waals surface area contributed by atoms with Crippen molar-refractivity contribution < 1.29 is 4.79 Å². The van der Waals surface area contributed by atoms with E-state index in [9.17, 15) is 4.79 Å². The minimum absolute atomic E-state index is 0.356. The van der Waals surface area contributed by atoms with E-state index in [1.165, 1.54) is 6.42 Å². The van der Waals surface area contributed by atoms with Crippen molar-refractivity contribution in [2.24, 2.45) is 17.6 Å². The average molecular weight is 196 g/mol. The Labute approximate surface area is 85.6 Å². The standard InChI is InChI=1S/C11H20N2O/c1-8-2-3-9(6-12)7-13(8)11(14)10-4-5-10/h8-10H,2-7,12H2,1H3. The normalized spacial score (nSPS) is 33.1. The predicted molar refractivity (Wildman–Crippen MR) is 55.7 cm³/mol. The first kappa shape index (κ1) is 9.97. The number of amides is 1. The van der Waals surface area contributed by atoms with Crippen LogP contribution in [0, 0.1) is 11.8 Å². The zero-order valence-corrected chi connectivity index (χ0v) is 8.91. The summed E-state index contributed by atoms with van der Waals surface area (Å²) >= 11 is 0. The SMILES string of the molecule is CC1CCC(CN)CN1C(=O)C1CC1. The summed E-state index contributed by atoms with van der Waals surface area (Å²) < 4.78 is 0. The number of likely N-dealkylation sites (tertiary alicyclic amines) is 1. The molecule has 1 amide bonds. The third-order valence-electron chi connectivity index (χ3n) is 3.52. The Kier molecular flexibility index (Phi) is 2.77. The van der Waals surface area contributed by atoms with Crippen LogP contribution in [0.5, 0.6) is 0 Å². The van der Waals surface area contributed by atoms with Crippen molar-refractivity contribution in [3.05, 3.63) is 0 Å². The Morgan fingerprint density at radius 2 is 2.07 bits per heavy atom. The highest BCUT2D eigenvalue weighted by molar-refractivity contribution is 5.81. The average Bonchev–Trinajstić information content (AvgIpc) is 3.01. The lowest BCUT2D eigenvalue weighted by Crippen LogP contribution is -2.47. The summed E-state index contributed by atoms with van der Waals surface area (Å²) in [5.41, 5.74) is 5.66. The van der Waals surface area contributed by atoms with E-state index >= 15 is 0 Å².